The van der Waals surface area contributed by atoms with Crippen molar-refractivity contribution < 1.29 is 28.5 Å². The Kier molecular flexibility index (Phi) is 7.15. The first-order valence-corrected chi connectivity index (χ1v) is 10.9. The van der Waals surface area contributed by atoms with Gasteiger partial charge >= 0.3 is 5.97 Å². The van der Waals surface area contributed by atoms with E-state index in [1.54, 1.807) is 6.92 Å². The number of rotatable bonds is 6. The Morgan fingerprint density at radius 1 is 1.10 bits per heavy atom. The Bertz CT molecular complexity index is 884. The lowest BCUT2D eigenvalue weighted by molar-refractivity contribution is -0.942. The van der Waals surface area contributed by atoms with E-state index in [-0.39, 0.29) is 11.4 Å². The molecule has 3 rings (SSSR count). The van der Waals surface area contributed by atoms with Crippen molar-refractivity contribution in [2.24, 2.45) is 0 Å². The van der Waals surface area contributed by atoms with E-state index in [1.165, 1.54) is 9.80 Å². The maximum Gasteiger partial charge on any atom is 0.374 e. The van der Waals surface area contributed by atoms with E-state index in [0.717, 1.165) is 49.1 Å². The number of hydrogen-bond donors (Lipinski definition) is 3. The smallest absolute Gasteiger partial charge is 0.374 e. The molecular formula is C23H35N3O4+2. The van der Waals surface area contributed by atoms with Crippen molar-refractivity contribution in [1.82, 2.24) is 5.32 Å². The molecule has 2 heterocycles. The molecule has 3 N–H and O–H groups in total. The predicted octanol–water partition coefficient (Wildman–Crippen LogP) is 0.198. The molecule has 164 valence electrons. The second kappa shape index (κ2) is 9.62. The van der Waals surface area contributed by atoms with Crippen LogP contribution in [-0.2, 0) is 16.1 Å². The molecule has 0 radical (unpaired) electrons. The second-order valence-corrected chi connectivity index (χ2v) is 9.13. The van der Waals surface area contributed by atoms with Crippen molar-refractivity contribution in [2.75, 3.05) is 39.3 Å². The Labute approximate surface area is 178 Å². The number of para-hydroxylation sites is 1. The van der Waals surface area contributed by atoms with Crippen LogP contribution in [0.25, 0.3) is 11.0 Å². The molecule has 7 heteroatoms. The summed E-state index contributed by atoms with van der Waals surface area (Å²) in [6, 6.07) is 7.77. The van der Waals surface area contributed by atoms with Crippen molar-refractivity contribution >= 4 is 22.8 Å². The zero-order valence-corrected chi connectivity index (χ0v) is 18.6. The number of fused-ring (bicyclic) bond motifs is 1. The van der Waals surface area contributed by atoms with Crippen molar-refractivity contribution in [3.8, 4) is 0 Å². The maximum atomic E-state index is 12.5. The summed E-state index contributed by atoms with van der Waals surface area (Å²) in [7, 11) is 0. The van der Waals surface area contributed by atoms with Crippen LogP contribution >= 0.6 is 0 Å². The molecule has 0 bridgehead atoms. The molecule has 1 fully saturated rings. The Morgan fingerprint density at radius 2 is 1.80 bits per heavy atom. The number of hydrogen-bond acceptors (Lipinski definition) is 4. The molecule has 0 spiro atoms. The van der Waals surface area contributed by atoms with Crippen LogP contribution in [-0.4, -0.2) is 56.7 Å². The first-order valence-electron chi connectivity index (χ1n) is 10.9. The molecule has 1 aromatic carbocycles. The lowest BCUT2D eigenvalue weighted by Crippen LogP contribution is -3.17. The first-order chi connectivity index (χ1) is 14.3. The van der Waals surface area contributed by atoms with E-state index < -0.39 is 5.97 Å². The summed E-state index contributed by atoms with van der Waals surface area (Å²) >= 11 is 0. The molecule has 0 aliphatic carbocycles. The number of carbonyl (C=O) groups excluding carboxylic acids is 2. The topological polar surface area (TPSA) is 77.4 Å². The molecule has 1 amide bonds. The zero-order valence-electron chi connectivity index (χ0n) is 18.6. The van der Waals surface area contributed by atoms with Crippen LogP contribution in [0, 0.1) is 0 Å². The van der Waals surface area contributed by atoms with Gasteiger partial charge in [-0.25, -0.2) is 4.79 Å². The highest BCUT2D eigenvalue weighted by Gasteiger charge is 2.28. The van der Waals surface area contributed by atoms with Crippen LogP contribution < -0.4 is 15.1 Å². The molecule has 1 aliphatic heterocycles. The van der Waals surface area contributed by atoms with Crippen LogP contribution in [0.1, 0.15) is 50.2 Å². The van der Waals surface area contributed by atoms with Crippen LogP contribution in [0.15, 0.2) is 28.7 Å². The standard InChI is InChI=1S/C23H33N3O4/c1-5-29-22(28)21-18(17-9-6-7-10-19(17)30-21)15-25-11-8-12-26(14-13-25)16-20(27)24-23(2,3)4/h6-7,9-10H,5,8,11-16H2,1-4H3,(H,24,27)/p+2. The number of ether oxygens (including phenoxy) is 1. The van der Waals surface area contributed by atoms with Crippen LogP contribution in [0.4, 0.5) is 0 Å². The molecule has 2 atom stereocenters. The van der Waals surface area contributed by atoms with E-state index in [0.29, 0.717) is 25.5 Å². The zero-order chi connectivity index (χ0) is 21.7. The normalized spacial score (nSPS) is 20.0. The molecule has 2 unspecified atom stereocenters. The molecule has 2 aromatic rings. The van der Waals surface area contributed by atoms with Gasteiger partial charge in [-0.05, 0) is 33.8 Å². The van der Waals surface area contributed by atoms with Crippen molar-refractivity contribution in [1.29, 1.82) is 0 Å². The lowest BCUT2D eigenvalue weighted by Gasteiger charge is -2.22. The van der Waals surface area contributed by atoms with Gasteiger partial charge in [0, 0.05) is 17.3 Å². The molecule has 1 aromatic heterocycles. The van der Waals surface area contributed by atoms with Gasteiger partial charge in [0.25, 0.3) is 5.91 Å². The third-order valence-electron chi connectivity index (χ3n) is 5.40. The third kappa shape index (κ3) is 5.83. The van der Waals surface area contributed by atoms with Gasteiger partial charge in [-0.3, -0.25) is 4.79 Å². The second-order valence-electron chi connectivity index (χ2n) is 9.13. The summed E-state index contributed by atoms with van der Waals surface area (Å²) in [4.78, 5) is 27.5. The Balaban J connectivity index is 1.68. The number of quaternary nitrogens is 2. The minimum Gasteiger partial charge on any atom is -0.460 e. The highest BCUT2D eigenvalue weighted by Crippen LogP contribution is 2.26. The number of amides is 1. The quantitative estimate of drug-likeness (QED) is 0.587. The van der Waals surface area contributed by atoms with Crippen molar-refractivity contribution in [3.05, 3.63) is 35.6 Å². The van der Waals surface area contributed by atoms with Gasteiger partial charge in [-0.1, -0.05) is 18.2 Å². The summed E-state index contributed by atoms with van der Waals surface area (Å²) in [6.45, 7) is 13.2. The fourth-order valence-corrected chi connectivity index (χ4v) is 4.12. The summed E-state index contributed by atoms with van der Waals surface area (Å²) in [6.07, 6.45) is 1.04. The first kappa shape index (κ1) is 22.3. The summed E-state index contributed by atoms with van der Waals surface area (Å²) in [5.74, 6) is 0.0268. The third-order valence-corrected chi connectivity index (χ3v) is 5.40. The van der Waals surface area contributed by atoms with Gasteiger partial charge in [-0.2, -0.15) is 0 Å². The van der Waals surface area contributed by atoms with E-state index in [9.17, 15) is 9.59 Å². The number of esters is 1. The van der Waals surface area contributed by atoms with Gasteiger partial charge in [-0.15, -0.1) is 0 Å². The fourth-order valence-electron chi connectivity index (χ4n) is 4.12. The number of carbonyl (C=O) groups is 2. The molecule has 30 heavy (non-hydrogen) atoms. The predicted molar refractivity (Wildman–Crippen MR) is 115 cm³/mol. The average Bonchev–Trinajstić information content (AvgIpc) is 2.88. The Morgan fingerprint density at radius 3 is 2.53 bits per heavy atom. The lowest BCUT2D eigenvalue weighted by atomic mass is 10.1. The van der Waals surface area contributed by atoms with Crippen molar-refractivity contribution in [3.63, 3.8) is 0 Å². The largest absolute Gasteiger partial charge is 0.460 e. The van der Waals surface area contributed by atoms with Gasteiger partial charge in [0.1, 0.15) is 25.2 Å². The average molecular weight is 418 g/mol. The van der Waals surface area contributed by atoms with Gasteiger partial charge < -0.3 is 24.3 Å². The van der Waals surface area contributed by atoms with Crippen LogP contribution in [0.2, 0.25) is 0 Å². The van der Waals surface area contributed by atoms with E-state index in [1.807, 2.05) is 45.0 Å². The maximum absolute atomic E-state index is 12.5. The molecule has 7 nitrogen and oxygen atoms in total. The van der Waals surface area contributed by atoms with Crippen LogP contribution in [0.5, 0.6) is 0 Å². The monoisotopic (exact) mass is 417 g/mol. The van der Waals surface area contributed by atoms with Gasteiger partial charge in [0.05, 0.1) is 25.3 Å². The van der Waals surface area contributed by atoms with Crippen LogP contribution in [0.3, 0.4) is 0 Å². The van der Waals surface area contributed by atoms with Gasteiger partial charge in [0.2, 0.25) is 5.76 Å². The number of benzene rings is 1. The SMILES string of the molecule is CCOC(=O)c1oc2ccccc2c1C[NH+]1CCC[NH+](CC(=O)NC(C)(C)C)CC1. The van der Waals surface area contributed by atoms with E-state index >= 15 is 0 Å². The summed E-state index contributed by atoms with van der Waals surface area (Å²) in [5.41, 5.74) is 1.44. The molecule has 0 saturated carbocycles. The Hall–Kier alpha value is -2.38. The number of furan rings is 1. The van der Waals surface area contributed by atoms with E-state index in [4.69, 9.17) is 9.15 Å². The highest BCUT2D eigenvalue weighted by atomic mass is 16.5. The summed E-state index contributed by atoms with van der Waals surface area (Å²) in [5, 5.41) is 4.03. The minimum atomic E-state index is -0.399. The van der Waals surface area contributed by atoms with Gasteiger partial charge in [0.15, 0.2) is 6.54 Å². The molecular weight excluding hydrogens is 382 g/mol. The van der Waals surface area contributed by atoms with E-state index in [2.05, 4.69) is 5.32 Å². The molecule has 1 aliphatic rings. The summed E-state index contributed by atoms with van der Waals surface area (Å²) < 4.78 is 11.1. The fraction of sp³-hybridized carbons (Fsp3) is 0.565. The molecule has 1 saturated heterocycles. The highest BCUT2D eigenvalue weighted by molar-refractivity contribution is 5.96. The number of nitrogens with one attached hydrogen (secondary N) is 3. The minimum absolute atomic E-state index is 0.103. The van der Waals surface area contributed by atoms with Crippen molar-refractivity contribution in [2.45, 2.75) is 46.2 Å².